The largest absolute Gasteiger partial charge is 0.478 e. The summed E-state index contributed by atoms with van der Waals surface area (Å²) in [5.41, 5.74) is 1.28. The Morgan fingerprint density at radius 3 is 2.94 bits per heavy atom. The van der Waals surface area contributed by atoms with E-state index >= 15 is 0 Å². The summed E-state index contributed by atoms with van der Waals surface area (Å²) in [4.78, 5) is 15.4. The van der Waals surface area contributed by atoms with Crippen LogP contribution < -0.4 is 0 Å². The topological polar surface area (TPSA) is 78.9 Å². The maximum Gasteiger partial charge on any atom is 0.335 e. The van der Waals surface area contributed by atoms with E-state index in [1.54, 1.807) is 29.0 Å². The van der Waals surface area contributed by atoms with Gasteiger partial charge in [0.15, 0.2) is 0 Å². The molecule has 1 N–H and O–H groups in total. The van der Waals surface area contributed by atoms with E-state index in [0.717, 1.165) is 0 Å². The van der Waals surface area contributed by atoms with E-state index in [4.69, 9.17) is 10.4 Å². The fourth-order valence-corrected chi connectivity index (χ4v) is 1.67. The van der Waals surface area contributed by atoms with Crippen LogP contribution in [0.25, 0.3) is 5.82 Å². The molecule has 2 heterocycles. The number of carbonyl (C=O) groups is 1. The lowest BCUT2D eigenvalue weighted by atomic mass is 10.2. The number of nitriles is 1. The Hall–Kier alpha value is -2.61. The van der Waals surface area contributed by atoms with E-state index in [1.807, 2.05) is 13.0 Å². The summed E-state index contributed by atoms with van der Waals surface area (Å²) in [7, 11) is 0. The fourth-order valence-electron chi connectivity index (χ4n) is 1.67. The number of hydrogen-bond acceptors (Lipinski definition) is 3. The van der Waals surface area contributed by atoms with Gasteiger partial charge < -0.3 is 5.11 Å². The molecule has 0 saturated carbocycles. The quantitative estimate of drug-likeness (QED) is 0.891. The van der Waals surface area contributed by atoms with Crippen molar-refractivity contribution < 1.29 is 9.90 Å². The standard InChI is InChI=1S/C13H11N3O2/c1-2-10-6-9(13(17)18)7-12(15-10)16-5-3-4-11(16)8-14/h3-7H,2H2,1H3,(H,17,18). The molecule has 0 fully saturated rings. The molecule has 2 aromatic heterocycles. The molecule has 0 unspecified atom stereocenters. The monoisotopic (exact) mass is 241 g/mol. The van der Waals surface area contributed by atoms with Gasteiger partial charge >= 0.3 is 5.97 Å². The van der Waals surface area contributed by atoms with Crippen molar-refractivity contribution in [2.45, 2.75) is 13.3 Å². The minimum atomic E-state index is -1.00. The zero-order valence-corrected chi connectivity index (χ0v) is 9.79. The number of aromatic carboxylic acids is 1. The Morgan fingerprint density at radius 1 is 1.56 bits per heavy atom. The van der Waals surface area contributed by atoms with Crippen molar-refractivity contribution in [3.63, 3.8) is 0 Å². The summed E-state index contributed by atoms with van der Waals surface area (Å²) in [5.74, 6) is -0.549. The highest BCUT2D eigenvalue weighted by molar-refractivity contribution is 5.88. The van der Waals surface area contributed by atoms with Gasteiger partial charge in [-0.2, -0.15) is 5.26 Å². The minimum absolute atomic E-state index is 0.175. The van der Waals surface area contributed by atoms with Gasteiger partial charge in [0.2, 0.25) is 0 Å². The van der Waals surface area contributed by atoms with Crippen LogP contribution in [-0.2, 0) is 6.42 Å². The Kier molecular flexibility index (Phi) is 3.11. The van der Waals surface area contributed by atoms with E-state index < -0.39 is 5.97 Å². The van der Waals surface area contributed by atoms with Crippen molar-refractivity contribution in [1.29, 1.82) is 5.26 Å². The second-order valence-electron chi connectivity index (χ2n) is 3.74. The number of rotatable bonds is 3. The molecule has 0 aliphatic carbocycles. The molecule has 5 nitrogen and oxygen atoms in total. The number of carboxylic acid groups (broad SMARTS) is 1. The Bertz CT molecular complexity index is 638. The van der Waals surface area contributed by atoms with E-state index in [9.17, 15) is 4.79 Å². The van der Waals surface area contributed by atoms with Crippen LogP contribution in [-0.4, -0.2) is 20.6 Å². The van der Waals surface area contributed by atoms with Crippen LogP contribution in [0.2, 0.25) is 0 Å². The molecule has 0 aliphatic rings. The van der Waals surface area contributed by atoms with E-state index in [1.165, 1.54) is 6.07 Å². The van der Waals surface area contributed by atoms with Gasteiger partial charge in [-0.25, -0.2) is 9.78 Å². The number of hydrogen-bond donors (Lipinski definition) is 1. The first-order chi connectivity index (χ1) is 8.65. The van der Waals surface area contributed by atoms with Crippen LogP contribution in [0.4, 0.5) is 0 Å². The summed E-state index contributed by atoms with van der Waals surface area (Å²) in [6.07, 6.45) is 2.32. The molecule has 0 atom stereocenters. The molecule has 0 spiro atoms. The Morgan fingerprint density at radius 2 is 2.33 bits per heavy atom. The van der Waals surface area contributed by atoms with Gasteiger partial charge in [0.05, 0.1) is 5.56 Å². The zero-order chi connectivity index (χ0) is 13.1. The molecule has 2 aromatic rings. The first-order valence-electron chi connectivity index (χ1n) is 5.47. The van der Waals surface area contributed by atoms with Gasteiger partial charge in [-0.3, -0.25) is 4.57 Å². The summed E-state index contributed by atoms with van der Waals surface area (Å²) in [6, 6.07) is 8.41. The molecule has 0 radical (unpaired) electrons. The van der Waals surface area contributed by atoms with Crippen LogP contribution in [0.15, 0.2) is 30.5 Å². The SMILES string of the molecule is CCc1cc(C(=O)O)cc(-n2cccc2C#N)n1. The lowest BCUT2D eigenvalue weighted by Gasteiger charge is -2.07. The van der Waals surface area contributed by atoms with Gasteiger partial charge in [-0.1, -0.05) is 6.92 Å². The highest BCUT2D eigenvalue weighted by Gasteiger charge is 2.10. The van der Waals surface area contributed by atoms with Crippen molar-refractivity contribution in [2.75, 3.05) is 0 Å². The number of aryl methyl sites for hydroxylation is 1. The average Bonchev–Trinajstić information content (AvgIpc) is 2.86. The highest BCUT2D eigenvalue weighted by atomic mass is 16.4. The highest BCUT2D eigenvalue weighted by Crippen LogP contribution is 2.14. The molecular weight excluding hydrogens is 230 g/mol. The summed E-state index contributed by atoms with van der Waals surface area (Å²) in [5, 5.41) is 18.0. The number of aromatic nitrogens is 2. The van der Waals surface area contributed by atoms with Crippen LogP contribution in [0, 0.1) is 11.3 Å². The van der Waals surface area contributed by atoms with Crippen LogP contribution in [0.3, 0.4) is 0 Å². The molecule has 5 heteroatoms. The molecule has 0 bridgehead atoms. The summed E-state index contributed by atoms with van der Waals surface area (Å²) in [6.45, 7) is 1.90. The third-order valence-electron chi connectivity index (χ3n) is 2.58. The van der Waals surface area contributed by atoms with E-state index in [-0.39, 0.29) is 5.56 Å². The summed E-state index contributed by atoms with van der Waals surface area (Å²) < 4.78 is 1.58. The van der Waals surface area contributed by atoms with Gasteiger partial charge in [-0.05, 0) is 30.7 Å². The lowest BCUT2D eigenvalue weighted by molar-refractivity contribution is 0.0696. The predicted molar refractivity (Wildman–Crippen MR) is 64.6 cm³/mol. The third-order valence-corrected chi connectivity index (χ3v) is 2.58. The molecular formula is C13H11N3O2. The average molecular weight is 241 g/mol. The van der Waals surface area contributed by atoms with Crippen molar-refractivity contribution in [3.05, 3.63) is 47.4 Å². The third kappa shape index (κ3) is 2.09. The maximum absolute atomic E-state index is 11.0. The second kappa shape index (κ2) is 4.72. The second-order valence-corrected chi connectivity index (χ2v) is 3.74. The predicted octanol–water partition coefficient (Wildman–Crippen LogP) is 2.00. The number of carboxylic acids is 1. The minimum Gasteiger partial charge on any atom is -0.478 e. The zero-order valence-electron chi connectivity index (χ0n) is 9.79. The van der Waals surface area contributed by atoms with Gasteiger partial charge in [0, 0.05) is 11.9 Å². The van der Waals surface area contributed by atoms with Crippen molar-refractivity contribution in [1.82, 2.24) is 9.55 Å². The first-order valence-corrected chi connectivity index (χ1v) is 5.47. The molecule has 90 valence electrons. The van der Waals surface area contributed by atoms with Gasteiger partial charge in [0.25, 0.3) is 0 Å². The van der Waals surface area contributed by atoms with E-state index in [2.05, 4.69) is 4.98 Å². The van der Waals surface area contributed by atoms with E-state index in [0.29, 0.717) is 23.6 Å². The van der Waals surface area contributed by atoms with Crippen LogP contribution in [0.5, 0.6) is 0 Å². The molecule has 0 amide bonds. The van der Waals surface area contributed by atoms with Gasteiger partial charge in [0.1, 0.15) is 17.6 Å². The summed E-state index contributed by atoms with van der Waals surface area (Å²) >= 11 is 0. The fraction of sp³-hybridized carbons (Fsp3) is 0.154. The van der Waals surface area contributed by atoms with Crippen molar-refractivity contribution in [3.8, 4) is 11.9 Å². The van der Waals surface area contributed by atoms with Crippen molar-refractivity contribution >= 4 is 5.97 Å². The van der Waals surface area contributed by atoms with Crippen LogP contribution in [0.1, 0.15) is 28.7 Å². The molecule has 0 aromatic carbocycles. The maximum atomic E-state index is 11.0. The van der Waals surface area contributed by atoms with Crippen molar-refractivity contribution in [2.24, 2.45) is 0 Å². The number of pyridine rings is 1. The molecule has 0 saturated heterocycles. The molecule has 0 aliphatic heterocycles. The Balaban J connectivity index is 2.61. The van der Waals surface area contributed by atoms with Crippen LogP contribution >= 0.6 is 0 Å². The first kappa shape index (κ1) is 11.9. The molecule has 18 heavy (non-hydrogen) atoms. The molecule has 2 rings (SSSR count). The van der Waals surface area contributed by atoms with Gasteiger partial charge in [-0.15, -0.1) is 0 Å². The smallest absolute Gasteiger partial charge is 0.335 e. The normalized spacial score (nSPS) is 10.0. The lowest BCUT2D eigenvalue weighted by Crippen LogP contribution is -2.06. The Labute approximate surface area is 104 Å². The number of nitrogens with zero attached hydrogens (tertiary/aromatic N) is 3.